The summed E-state index contributed by atoms with van der Waals surface area (Å²) < 4.78 is 0. The van der Waals surface area contributed by atoms with Crippen molar-refractivity contribution in [2.24, 2.45) is 23.2 Å². The lowest BCUT2D eigenvalue weighted by atomic mass is 9.49. The van der Waals surface area contributed by atoms with E-state index in [1.807, 2.05) is 11.8 Å². The predicted octanol–water partition coefficient (Wildman–Crippen LogP) is 4.08. The van der Waals surface area contributed by atoms with Crippen molar-refractivity contribution < 1.29 is 9.59 Å². The van der Waals surface area contributed by atoms with Crippen molar-refractivity contribution in [2.75, 3.05) is 26.2 Å². The molecular weight excluding hydrogens is 382 g/mol. The van der Waals surface area contributed by atoms with Crippen molar-refractivity contribution in [1.29, 1.82) is 0 Å². The second kappa shape index (κ2) is 7.07. The lowest BCUT2D eigenvalue weighted by Crippen LogP contribution is -2.58. The van der Waals surface area contributed by atoms with Gasteiger partial charge < -0.3 is 9.80 Å². The lowest BCUT2D eigenvalue weighted by Gasteiger charge is -2.57. The quantitative estimate of drug-likeness (QED) is 0.748. The summed E-state index contributed by atoms with van der Waals surface area (Å²) >= 11 is 1.53. The molecule has 1 saturated heterocycles. The minimum Gasteiger partial charge on any atom is -0.339 e. The summed E-state index contributed by atoms with van der Waals surface area (Å²) in [6.07, 6.45) is 7.45. The maximum atomic E-state index is 13.5. The van der Waals surface area contributed by atoms with Gasteiger partial charge in [0.25, 0.3) is 5.91 Å². The highest BCUT2D eigenvalue weighted by molar-refractivity contribution is 7.13. The number of carbonyl (C=O) groups excluding carboxylic acids is 2. The third kappa shape index (κ3) is 3.31. The molecule has 29 heavy (non-hydrogen) atoms. The number of nitrogens with zero attached hydrogens (tertiary/aromatic N) is 3. The smallest absolute Gasteiger partial charge is 0.265 e. The minimum absolute atomic E-state index is 0.0681. The molecule has 0 N–H and O–H groups in total. The van der Waals surface area contributed by atoms with Gasteiger partial charge in [0.05, 0.1) is 16.1 Å². The van der Waals surface area contributed by atoms with E-state index in [1.165, 1.54) is 30.6 Å². The zero-order chi connectivity index (χ0) is 20.3. The first kappa shape index (κ1) is 19.5. The third-order valence-electron chi connectivity index (χ3n) is 7.85. The van der Waals surface area contributed by atoms with Gasteiger partial charge in [-0.25, -0.2) is 4.98 Å². The number of aromatic nitrogens is 1. The number of carbonyl (C=O) groups is 2. The number of rotatable bonds is 3. The van der Waals surface area contributed by atoms with Gasteiger partial charge in [0.1, 0.15) is 4.88 Å². The maximum Gasteiger partial charge on any atom is 0.265 e. The van der Waals surface area contributed by atoms with Crippen molar-refractivity contribution in [3.8, 4) is 0 Å². The largest absolute Gasteiger partial charge is 0.339 e. The van der Waals surface area contributed by atoms with E-state index in [-0.39, 0.29) is 11.3 Å². The van der Waals surface area contributed by atoms with Crippen LogP contribution in [0, 0.1) is 30.1 Å². The Hall–Kier alpha value is -1.43. The molecule has 4 bridgehead atoms. The third-order valence-corrected chi connectivity index (χ3v) is 9.29. The molecule has 5 nitrogen and oxygen atoms in total. The van der Waals surface area contributed by atoms with Crippen LogP contribution in [0.15, 0.2) is 0 Å². The average molecular weight is 416 g/mol. The zero-order valence-corrected chi connectivity index (χ0v) is 18.8. The molecule has 0 unspecified atom stereocenters. The molecule has 5 fully saturated rings. The van der Waals surface area contributed by atoms with E-state index in [1.54, 1.807) is 0 Å². The molecule has 0 atom stereocenters. The summed E-state index contributed by atoms with van der Waals surface area (Å²) in [7, 11) is 0. The lowest BCUT2D eigenvalue weighted by molar-refractivity contribution is -0.159. The van der Waals surface area contributed by atoms with Crippen LogP contribution in [-0.2, 0) is 4.79 Å². The van der Waals surface area contributed by atoms with Crippen molar-refractivity contribution in [1.82, 2.24) is 14.8 Å². The van der Waals surface area contributed by atoms with Crippen molar-refractivity contribution in [3.63, 3.8) is 0 Å². The highest BCUT2D eigenvalue weighted by Gasteiger charge is 2.55. The van der Waals surface area contributed by atoms with E-state index in [2.05, 4.69) is 23.7 Å². The number of thiazole rings is 1. The molecular formula is C23H33N3O2S. The summed E-state index contributed by atoms with van der Waals surface area (Å²) in [5.74, 6) is 3.20. The molecule has 158 valence electrons. The fourth-order valence-electron chi connectivity index (χ4n) is 6.83. The number of hydrogen-bond acceptors (Lipinski definition) is 4. The van der Waals surface area contributed by atoms with Crippen LogP contribution in [0.25, 0.3) is 0 Å². The molecule has 4 saturated carbocycles. The van der Waals surface area contributed by atoms with Gasteiger partial charge in [-0.2, -0.15) is 0 Å². The average Bonchev–Trinajstić information content (AvgIpc) is 3.08. The van der Waals surface area contributed by atoms with Gasteiger partial charge >= 0.3 is 0 Å². The maximum absolute atomic E-state index is 13.5. The van der Waals surface area contributed by atoms with Crippen LogP contribution in [-0.4, -0.2) is 52.8 Å². The Bertz CT molecular complexity index is 787. The Morgan fingerprint density at radius 1 is 0.966 bits per heavy atom. The van der Waals surface area contributed by atoms with E-state index in [9.17, 15) is 9.59 Å². The normalized spacial score (nSPS) is 33.6. The van der Waals surface area contributed by atoms with Crippen LogP contribution >= 0.6 is 11.3 Å². The van der Waals surface area contributed by atoms with Crippen LogP contribution in [0.1, 0.15) is 78.7 Å². The van der Waals surface area contributed by atoms with Gasteiger partial charge in [-0.05, 0) is 63.2 Å². The molecule has 1 aliphatic heterocycles. The van der Waals surface area contributed by atoms with Crippen LogP contribution in [0.4, 0.5) is 0 Å². The Morgan fingerprint density at radius 3 is 1.97 bits per heavy atom. The molecule has 6 heteroatoms. The molecule has 6 rings (SSSR count). The van der Waals surface area contributed by atoms with E-state index in [4.69, 9.17) is 0 Å². The van der Waals surface area contributed by atoms with Crippen LogP contribution in [0.3, 0.4) is 0 Å². The Kier molecular flexibility index (Phi) is 4.76. The van der Waals surface area contributed by atoms with Gasteiger partial charge in [-0.3, -0.25) is 9.59 Å². The molecule has 5 aliphatic rings. The summed E-state index contributed by atoms with van der Waals surface area (Å²) in [6.45, 7) is 8.81. The minimum atomic E-state index is -0.0681. The van der Waals surface area contributed by atoms with Crippen LogP contribution in [0.5, 0.6) is 0 Å². The predicted molar refractivity (Wildman–Crippen MR) is 114 cm³/mol. The number of amides is 2. The van der Waals surface area contributed by atoms with Crippen LogP contribution in [0.2, 0.25) is 0 Å². The number of piperazine rings is 1. The van der Waals surface area contributed by atoms with Gasteiger partial charge in [-0.15, -0.1) is 11.3 Å². The Labute approximate surface area is 177 Å². The fourth-order valence-corrected chi connectivity index (χ4v) is 7.86. The Balaban J connectivity index is 1.24. The molecule has 1 aromatic heterocycles. The standard InChI is InChI=1S/C23H33N3O2S/c1-14(2)20-24-15(3)19(29-20)21(27)25-4-6-26(7-5-25)22(28)23-11-16-8-17(12-23)10-18(9-16)13-23/h14,16-18H,4-13H2,1-3H3. The topological polar surface area (TPSA) is 53.5 Å². The summed E-state index contributed by atoms with van der Waals surface area (Å²) in [4.78, 5) is 36.0. The monoisotopic (exact) mass is 415 g/mol. The Morgan fingerprint density at radius 2 is 1.48 bits per heavy atom. The first-order chi connectivity index (χ1) is 13.8. The van der Waals surface area contributed by atoms with E-state index in [0.717, 1.165) is 52.6 Å². The van der Waals surface area contributed by atoms with Gasteiger partial charge in [0, 0.05) is 32.1 Å². The van der Waals surface area contributed by atoms with Gasteiger partial charge in [0.15, 0.2) is 0 Å². The number of hydrogen-bond donors (Lipinski definition) is 0. The highest BCUT2D eigenvalue weighted by Crippen LogP contribution is 2.60. The first-order valence-corrected chi connectivity index (χ1v) is 12.2. The first-order valence-electron chi connectivity index (χ1n) is 11.4. The second-order valence-corrected chi connectivity index (χ2v) is 11.4. The molecule has 4 aliphatic carbocycles. The molecule has 2 amide bonds. The molecule has 1 aromatic rings. The van der Waals surface area contributed by atoms with E-state index >= 15 is 0 Å². The fraction of sp³-hybridized carbons (Fsp3) is 0.783. The zero-order valence-electron chi connectivity index (χ0n) is 17.9. The highest BCUT2D eigenvalue weighted by atomic mass is 32.1. The molecule has 0 aromatic carbocycles. The molecule has 0 radical (unpaired) electrons. The van der Waals surface area contributed by atoms with E-state index in [0.29, 0.717) is 38.0 Å². The second-order valence-electron chi connectivity index (χ2n) is 10.4. The van der Waals surface area contributed by atoms with Crippen molar-refractivity contribution in [3.05, 3.63) is 15.6 Å². The van der Waals surface area contributed by atoms with Gasteiger partial charge in [0.2, 0.25) is 5.91 Å². The van der Waals surface area contributed by atoms with Crippen molar-refractivity contribution >= 4 is 23.2 Å². The van der Waals surface area contributed by atoms with E-state index < -0.39 is 0 Å². The molecule has 0 spiro atoms. The summed E-state index contributed by atoms with van der Waals surface area (Å²) in [5, 5.41) is 1.03. The molecule has 2 heterocycles. The summed E-state index contributed by atoms with van der Waals surface area (Å²) in [6, 6.07) is 0. The van der Waals surface area contributed by atoms with Gasteiger partial charge in [-0.1, -0.05) is 13.8 Å². The van der Waals surface area contributed by atoms with Crippen molar-refractivity contribution in [2.45, 2.75) is 65.2 Å². The SMILES string of the molecule is Cc1nc(C(C)C)sc1C(=O)N1CCN(C(=O)C23CC4CC(CC(C4)C2)C3)CC1. The summed E-state index contributed by atoms with van der Waals surface area (Å²) in [5.41, 5.74) is 0.775. The van der Waals surface area contributed by atoms with Crippen LogP contribution < -0.4 is 0 Å². The number of aryl methyl sites for hydroxylation is 1.